The standard InChI is InChI=1S/C15H26N2O2S2/c1-6-17(11-12(2)3)21(18,19)15-8-7-14(20-15)9-10-16-13(4)5/h7-8,13,16H,2,6,9-11H2,1,3-5H3. The third-order valence-corrected chi connectivity index (χ3v) is 6.49. The molecule has 0 fully saturated rings. The van der Waals surface area contributed by atoms with Crippen molar-refractivity contribution in [3.8, 4) is 0 Å². The fourth-order valence-electron chi connectivity index (χ4n) is 1.91. The van der Waals surface area contributed by atoms with Gasteiger partial charge in [-0.15, -0.1) is 11.3 Å². The summed E-state index contributed by atoms with van der Waals surface area (Å²) in [5, 5.41) is 3.34. The van der Waals surface area contributed by atoms with Crippen LogP contribution < -0.4 is 5.32 Å². The molecule has 4 nitrogen and oxygen atoms in total. The van der Waals surface area contributed by atoms with Gasteiger partial charge < -0.3 is 5.32 Å². The molecule has 0 aliphatic rings. The van der Waals surface area contributed by atoms with Crippen molar-refractivity contribution in [2.24, 2.45) is 0 Å². The first-order valence-corrected chi connectivity index (χ1v) is 9.49. The Hall–Kier alpha value is -0.690. The Morgan fingerprint density at radius 2 is 2.10 bits per heavy atom. The van der Waals surface area contributed by atoms with E-state index in [4.69, 9.17) is 0 Å². The monoisotopic (exact) mass is 330 g/mol. The highest BCUT2D eigenvalue weighted by molar-refractivity contribution is 7.91. The maximum Gasteiger partial charge on any atom is 0.252 e. The topological polar surface area (TPSA) is 49.4 Å². The SMILES string of the molecule is C=C(C)CN(CC)S(=O)(=O)c1ccc(CCNC(C)C)s1. The van der Waals surface area contributed by atoms with E-state index in [-0.39, 0.29) is 0 Å². The maximum atomic E-state index is 12.6. The predicted molar refractivity (Wildman–Crippen MR) is 90.4 cm³/mol. The lowest BCUT2D eigenvalue weighted by molar-refractivity contribution is 0.454. The van der Waals surface area contributed by atoms with Crippen molar-refractivity contribution in [1.82, 2.24) is 9.62 Å². The van der Waals surface area contributed by atoms with Crippen molar-refractivity contribution in [3.05, 3.63) is 29.2 Å². The molecule has 0 aromatic carbocycles. The van der Waals surface area contributed by atoms with Gasteiger partial charge in [0.05, 0.1) is 0 Å². The molecule has 0 unspecified atom stereocenters. The Balaban J connectivity index is 2.79. The zero-order chi connectivity index (χ0) is 16.0. The van der Waals surface area contributed by atoms with Crippen molar-refractivity contribution in [3.63, 3.8) is 0 Å². The first-order valence-electron chi connectivity index (χ1n) is 7.24. The third-order valence-electron chi connectivity index (χ3n) is 2.95. The van der Waals surface area contributed by atoms with Crippen LogP contribution in [0, 0.1) is 0 Å². The first kappa shape index (κ1) is 18.4. The molecule has 1 N–H and O–H groups in total. The number of sulfonamides is 1. The van der Waals surface area contributed by atoms with E-state index in [1.54, 1.807) is 6.07 Å². The molecule has 0 aliphatic heterocycles. The number of nitrogens with one attached hydrogen (secondary N) is 1. The maximum absolute atomic E-state index is 12.6. The molecule has 0 amide bonds. The van der Waals surface area contributed by atoms with E-state index in [0.717, 1.165) is 23.4 Å². The molecule has 0 saturated heterocycles. The van der Waals surface area contributed by atoms with Crippen LogP contribution in [0.5, 0.6) is 0 Å². The van der Waals surface area contributed by atoms with Crippen molar-refractivity contribution < 1.29 is 8.42 Å². The third kappa shape index (κ3) is 5.54. The molecule has 6 heteroatoms. The Kier molecular flexibility index (Phi) is 7.06. The zero-order valence-electron chi connectivity index (χ0n) is 13.3. The smallest absolute Gasteiger partial charge is 0.252 e. The van der Waals surface area contributed by atoms with Crippen molar-refractivity contribution >= 4 is 21.4 Å². The summed E-state index contributed by atoms with van der Waals surface area (Å²) < 4.78 is 27.0. The van der Waals surface area contributed by atoms with Crippen LogP contribution in [-0.2, 0) is 16.4 Å². The molecule has 0 bridgehead atoms. The van der Waals surface area contributed by atoms with E-state index in [2.05, 4.69) is 25.7 Å². The summed E-state index contributed by atoms with van der Waals surface area (Å²) in [5.41, 5.74) is 0.846. The minimum atomic E-state index is -3.40. The molecule has 1 rings (SSSR count). The largest absolute Gasteiger partial charge is 0.314 e. The fraction of sp³-hybridized carbons (Fsp3) is 0.600. The number of likely N-dealkylation sites (N-methyl/N-ethyl adjacent to an activating group) is 1. The summed E-state index contributed by atoms with van der Waals surface area (Å²) in [6.45, 7) is 13.4. The van der Waals surface area contributed by atoms with Gasteiger partial charge in [0, 0.05) is 30.6 Å². The summed E-state index contributed by atoms with van der Waals surface area (Å²) in [6.07, 6.45) is 0.852. The van der Waals surface area contributed by atoms with Gasteiger partial charge in [-0.2, -0.15) is 4.31 Å². The van der Waals surface area contributed by atoms with Gasteiger partial charge in [0.2, 0.25) is 0 Å². The molecule has 1 heterocycles. The van der Waals surface area contributed by atoms with Crippen molar-refractivity contribution in [2.75, 3.05) is 19.6 Å². The van der Waals surface area contributed by atoms with Gasteiger partial charge in [-0.25, -0.2) is 8.42 Å². The highest BCUT2D eigenvalue weighted by Gasteiger charge is 2.24. The molecular formula is C15H26N2O2S2. The number of hydrogen-bond acceptors (Lipinski definition) is 4. The van der Waals surface area contributed by atoms with Crippen LogP contribution in [0.25, 0.3) is 0 Å². The molecule has 0 spiro atoms. The van der Waals surface area contributed by atoms with Crippen LogP contribution in [0.4, 0.5) is 0 Å². The Morgan fingerprint density at radius 1 is 1.43 bits per heavy atom. The molecule has 21 heavy (non-hydrogen) atoms. The van der Waals surface area contributed by atoms with Crippen LogP contribution in [-0.4, -0.2) is 38.4 Å². The van der Waals surface area contributed by atoms with E-state index in [1.807, 2.05) is 19.9 Å². The molecule has 1 aromatic rings. The van der Waals surface area contributed by atoms with E-state index in [1.165, 1.54) is 15.6 Å². The van der Waals surface area contributed by atoms with Gasteiger partial charge in [0.15, 0.2) is 0 Å². The zero-order valence-corrected chi connectivity index (χ0v) is 15.0. The minimum Gasteiger partial charge on any atom is -0.314 e. The highest BCUT2D eigenvalue weighted by Crippen LogP contribution is 2.25. The minimum absolute atomic E-state index is 0.376. The second-order valence-electron chi connectivity index (χ2n) is 5.47. The van der Waals surface area contributed by atoms with Gasteiger partial charge in [-0.3, -0.25) is 0 Å². The molecule has 0 saturated carbocycles. The fourth-order valence-corrected chi connectivity index (χ4v) is 4.93. The first-order chi connectivity index (χ1) is 9.77. The average molecular weight is 331 g/mol. The number of rotatable bonds is 9. The van der Waals surface area contributed by atoms with Crippen LogP contribution in [0.1, 0.15) is 32.6 Å². The van der Waals surface area contributed by atoms with Gasteiger partial charge in [0.25, 0.3) is 10.0 Å². The van der Waals surface area contributed by atoms with Crippen LogP contribution in [0.2, 0.25) is 0 Å². The number of thiophene rings is 1. The summed E-state index contributed by atoms with van der Waals surface area (Å²) in [4.78, 5) is 1.09. The molecule has 0 aliphatic carbocycles. The number of hydrogen-bond donors (Lipinski definition) is 1. The quantitative estimate of drug-likeness (QED) is 0.708. The summed E-state index contributed by atoms with van der Waals surface area (Å²) in [7, 11) is -3.40. The van der Waals surface area contributed by atoms with Gasteiger partial charge in [-0.1, -0.05) is 32.9 Å². The van der Waals surface area contributed by atoms with Crippen molar-refractivity contribution in [2.45, 2.75) is 44.4 Å². The summed E-state index contributed by atoms with van der Waals surface area (Å²) in [6, 6.07) is 4.07. The lowest BCUT2D eigenvalue weighted by Gasteiger charge is -2.19. The molecule has 0 atom stereocenters. The van der Waals surface area contributed by atoms with E-state index in [0.29, 0.717) is 23.3 Å². The Bertz CT molecular complexity index is 562. The van der Waals surface area contributed by atoms with Gasteiger partial charge in [-0.05, 0) is 25.5 Å². The normalized spacial score (nSPS) is 12.3. The number of nitrogens with zero attached hydrogens (tertiary/aromatic N) is 1. The lowest BCUT2D eigenvalue weighted by atomic mass is 10.3. The molecule has 1 aromatic heterocycles. The molecule has 120 valence electrons. The Labute approximate surface area is 132 Å². The van der Waals surface area contributed by atoms with Crippen molar-refractivity contribution in [1.29, 1.82) is 0 Å². The predicted octanol–water partition coefficient (Wildman–Crippen LogP) is 2.88. The van der Waals surface area contributed by atoms with Gasteiger partial charge in [0.1, 0.15) is 4.21 Å². The second kappa shape index (κ2) is 8.08. The van der Waals surface area contributed by atoms with Crippen LogP contribution >= 0.6 is 11.3 Å². The summed E-state index contributed by atoms with van der Waals surface area (Å²) in [5.74, 6) is 0. The lowest BCUT2D eigenvalue weighted by Crippen LogP contribution is -2.31. The van der Waals surface area contributed by atoms with Crippen LogP contribution in [0.15, 0.2) is 28.5 Å². The van der Waals surface area contributed by atoms with Crippen LogP contribution in [0.3, 0.4) is 0 Å². The molecular weight excluding hydrogens is 304 g/mol. The second-order valence-corrected chi connectivity index (χ2v) is 8.80. The van der Waals surface area contributed by atoms with Gasteiger partial charge >= 0.3 is 0 Å². The van der Waals surface area contributed by atoms with E-state index < -0.39 is 10.0 Å². The molecule has 0 radical (unpaired) electrons. The highest BCUT2D eigenvalue weighted by atomic mass is 32.2. The Morgan fingerprint density at radius 3 is 2.62 bits per heavy atom. The van der Waals surface area contributed by atoms with E-state index in [9.17, 15) is 8.42 Å². The summed E-state index contributed by atoms with van der Waals surface area (Å²) >= 11 is 1.36. The van der Waals surface area contributed by atoms with E-state index >= 15 is 0 Å². The average Bonchev–Trinajstić information content (AvgIpc) is 2.84.